The third kappa shape index (κ3) is 2.94. The van der Waals surface area contributed by atoms with Gasteiger partial charge >= 0.3 is 0 Å². The molecule has 19 heavy (non-hydrogen) atoms. The number of nitriles is 1. The monoisotopic (exact) mass is 258 g/mol. The molecule has 0 atom stereocenters. The maximum atomic E-state index is 11.7. The first kappa shape index (κ1) is 13.6. The van der Waals surface area contributed by atoms with E-state index in [2.05, 4.69) is 5.32 Å². The molecule has 1 aromatic carbocycles. The average Bonchev–Trinajstić information content (AvgIpc) is 2.89. The van der Waals surface area contributed by atoms with Gasteiger partial charge in [-0.05, 0) is 24.0 Å². The summed E-state index contributed by atoms with van der Waals surface area (Å²) in [6.07, 6.45) is 3.87. The van der Waals surface area contributed by atoms with Gasteiger partial charge in [-0.25, -0.2) is 0 Å². The van der Waals surface area contributed by atoms with Gasteiger partial charge in [-0.15, -0.1) is 0 Å². The van der Waals surface area contributed by atoms with Crippen LogP contribution in [0.4, 0.5) is 0 Å². The topological polar surface area (TPSA) is 73.1 Å². The number of carbonyl (C=O) groups is 1. The van der Waals surface area contributed by atoms with E-state index in [0.717, 1.165) is 36.8 Å². The van der Waals surface area contributed by atoms with Gasteiger partial charge in [0.05, 0.1) is 18.2 Å². The minimum absolute atomic E-state index is 0.0219. The number of carbonyl (C=O) groups excluding carboxylic acids is 1. The van der Waals surface area contributed by atoms with E-state index >= 15 is 0 Å². The summed E-state index contributed by atoms with van der Waals surface area (Å²) in [4.78, 5) is 11.7. The normalized spacial score (nSPS) is 16.8. The molecule has 4 heteroatoms. The fraction of sp³-hybridized carbons (Fsp3) is 0.467. The van der Waals surface area contributed by atoms with Gasteiger partial charge < -0.3 is 10.4 Å². The van der Waals surface area contributed by atoms with Crippen LogP contribution in [0, 0.1) is 11.3 Å². The van der Waals surface area contributed by atoms with E-state index in [4.69, 9.17) is 10.4 Å². The van der Waals surface area contributed by atoms with Gasteiger partial charge in [-0.3, -0.25) is 4.79 Å². The molecule has 0 saturated heterocycles. The van der Waals surface area contributed by atoms with Gasteiger partial charge in [-0.2, -0.15) is 5.26 Å². The Kier molecular flexibility index (Phi) is 4.18. The summed E-state index contributed by atoms with van der Waals surface area (Å²) < 4.78 is 0. The lowest BCUT2D eigenvalue weighted by molar-refractivity contribution is -0.122. The number of nitrogens with zero attached hydrogens (tertiary/aromatic N) is 1. The Morgan fingerprint density at radius 3 is 2.47 bits per heavy atom. The van der Waals surface area contributed by atoms with Crippen molar-refractivity contribution < 1.29 is 9.90 Å². The van der Waals surface area contributed by atoms with Crippen molar-refractivity contribution >= 4 is 5.91 Å². The number of aliphatic hydroxyl groups excluding tert-OH is 1. The van der Waals surface area contributed by atoms with Crippen molar-refractivity contribution in [3.8, 4) is 6.07 Å². The molecule has 1 amide bonds. The van der Waals surface area contributed by atoms with Crippen molar-refractivity contribution in [2.45, 2.75) is 44.2 Å². The molecule has 1 fully saturated rings. The minimum atomic E-state index is -0.331. The first-order valence-corrected chi connectivity index (χ1v) is 6.58. The summed E-state index contributed by atoms with van der Waals surface area (Å²) in [6, 6.07) is 9.57. The molecule has 1 aromatic rings. The number of nitrogens with one attached hydrogen (secondary N) is 1. The van der Waals surface area contributed by atoms with Crippen LogP contribution in [0.5, 0.6) is 0 Å². The molecule has 2 N–H and O–H groups in total. The first-order valence-electron chi connectivity index (χ1n) is 6.58. The van der Waals surface area contributed by atoms with E-state index in [-0.39, 0.29) is 24.5 Å². The van der Waals surface area contributed by atoms with Gasteiger partial charge in [0.15, 0.2) is 0 Å². The molecule has 0 bridgehead atoms. The molecule has 0 spiro atoms. The van der Waals surface area contributed by atoms with Crippen LogP contribution in [0.25, 0.3) is 0 Å². The third-order valence-corrected chi connectivity index (χ3v) is 3.76. The van der Waals surface area contributed by atoms with E-state index in [1.807, 2.05) is 30.3 Å². The fourth-order valence-corrected chi connectivity index (χ4v) is 2.78. The SMILES string of the molecule is N#CCC(=O)NC1(c2ccc(CO)cc2)CCCC1. The zero-order valence-electron chi connectivity index (χ0n) is 10.9. The van der Waals surface area contributed by atoms with E-state index in [1.165, 1.54) is 0 Å². The number of rotatable bonds is 4. The number of hydrogen-bond acceptors (Lipinski definition) is 3. The van der Waals surface area contributed by atoms with Crippen molar-refractivity contribution in [2.24, 2.45) is 0 Å². The van der Waals surface area contributed by atoms with Crippen LogP contribution in [0.3, 0.4) is 0 Å². The average molecular weight is 258 g/mol. The highest BCUT2D eigenvalue weighted by atomic mass is 16.3. The second-order valence-corrected chi connectivity index (χ2v) is 5.03. The Morgan fingerprint density at radius 2 is 1.95 bits per heavy atom. The zero-order valence-corrected chi connectivity index (χ0v) is 10.9. The molecule has 4 nitrogen and oxygen atoms in total. The second kappa shape index (κ2) is 5.85. The molecule has 1 aliphatic carbocycles. The first-order chi connectivity index (χ1) is 9.20. The molecular formula is C15H18N2O2. The van der Waals surface area contributed by atoms with Crippen LogP contribution in [0.1, 0.15) is 43.2 Å². The minimum Gasteiger partial charge on any atom is -0.392 e. The lowest BCUT2D eigenvalue weighted by Crippen LogP contribution is -2.43. The van der Waals surface area contributed by atoms with Gasteiger partial charge in [-0.1, -0.05) is 37.1 Å². The van der Waals surface area contributed by atoms with Crippen LogP contribution in [-0.2, 0) is 16.9 Å². The number of amides is 1. The Labute approximate surface area is 113 Å². The van der Waals surface area contributed by atoms with Gasteiger partial charge in [0.25, 0.3) is 0 Å². The van der Waals surface area contributed by atoms with Crippen molar-refractivity contribution in [1.29, 1.82) is 5.26 Å². The highest BCUT2D eigenvalue weighted by molar-refractivity contribution is 5.79. The third-order valence-electron chi connectivity index (χ3n) is 3.76. The van der Waals surface area contributed by atoms with Crippen molar-refractivity contribution in [3.63, 3.8) is 0 Å². The van der Waals surface area contributed by atoms with E-state index in [0.29, 0.717) is 0 Å². The summed E-state index contributed by atoms with van der Waals surface area (Å²) in [5, 5.41) is 20.7. The lowest BCUT2D eigenvalue weighted by atomic mass is 9.87. The summed E-state index contributed by atoms with van der Waals surface area (Å²) >= 11 is 0. The predicted octanol–water partition coefficient (Wildman–Crippen LogP) is 1.98. The Hall–Kier alpha value is -1.86. The number of hydrogen-bond donors (Lipinski definition) is 2. The maximum absolute atomic E-state index is 11.7. The molecule has 100 valence electrons. The molecule has 0 heterocycles. The smallest absolute Gasteiger partial charge is 0.234 e. The Balaban J connectivity index is 2.23. The zero-order chi connectivity index (χ0) is 13.7. The Bertz CT molecular complexity index is 482. The maximum Gasteiger partial charge on any atom is 0.234 e. The molecule has 1 aliphatic rings. The standard InChI is InChI=1S/C15H18N2O2/c16-10-7-14(19)17-15(8-1-2-9-15)13-5-3-12(11-18)4-6-13/h3-6,18H,1-2,7-9,11H2,(H,17,19). The summed E-state index contributed by atoms with van der Waals surface area (Å²) in [6.45, 7) is 0.0219. The van der Waals surface area contributed by atoms with Crippen LogP contribution in [-0.4, -0.2) is 11.0 Å². The number of aliphatic hydroxyl groups is 1. The summed E-state index contributed by atoms with van der Waals surface area (Å²) in [5.41, 5.74) is 1.59. The largest absolute Gasteiger partial charge is 0.392 e. The number of benzene rings is 1. The molecule has 0 radical (unpaired) electrons. The highest BCUT2D eigenvalue weighted by Crippen LogP contribution is 2.38. The molecule has 2 rings (SSSR count). The quantitative estimate of drug-likeness (QED) is 0.867. The fourth-order valence-electron chi connectivity index (χ4n) is 2.78. The molecular weight excluding hydrogens is 240 g/mol. The Morgan fingerprint density at radius 1 is 1.32 bits per heavy atom. The molecule has 1 saturated carbocycles. The molecule has 0 aromatic heterocycles. The summed E-state index contributed by atoms with van der Waals surface area (Å²) in [5.74, 6) is -0.212. The van der Waals surface area contributed by atoms with E-state index < -0.39 is 0 Å². The van der Waals surface area contributed by atoms with Gasteiger partial charge in [0.1, 0.15) is 6.42 Å². The van der Waals surface area contributed by atoms with Crippen molar-refractivity contribution in [3.05, 3.63) is 35.4 Å². The molecule has 0 aliphatic heterocycles. The highest BCUT2D eigenvalue weighted by Gasteiger charge is 2.36. The van der Waals surface area contributed by atoms with Gasteiger partial charge in [0.2, 0.25) is 5.91 Å². The van der Waals surface area contributed by atoms with Crippen molar-refractivity contribution in [2.75, 3.05) is 0 Å². The van der Waals surface area contributed by atoms with Crippen LogP contribution in [0.2, 0.25) is 0 Å². The summed E-state index contributed by atoms with van der Waals surface area (Å²) in [7, 11) is 0. The van der Waals surface area contributed by atoms with E-state index in [1.54, 1.807) is 0 Å². The van der Waals surface area contributed by atoms with Crippen molar-refractivity contribution in [1.82, 2.24) is 5.32 Å². The van der Waals surface area contributed by atoms with E-state index in [9.17, 15) is 4.79 Å². The van der Waals surface area contributed by atoms with Gasteiger partial charge in [0, 0.05) is 0 Å². The second-order valence-electron chi connectivity index (χ2n) is 5.03. The van der Waals surface area contributed by atoms with Crippen LogP contribution in [0.15, 0.2) is 24.3 Å². The predicted molar refractivity (Wildman–Crippen MR) is 70.9 cm³/mol. The van der Waals surface area contributed by atoms with Crippen LogP contribution < -0.4 is 5.32 Å². The lowest BCUT2D eigenvalue weighted by Gasteiger charge is -2.31. The van der Waals surface area contributed by atoms with Crippen LogP contribution >= 0.6 is 0 Å². The molecule has 0 unspecified atom stereocenters.